The third-order valence-electron chi connectivity index (χ3n) is 2.05. The summed E-state index contributed by atoms with van der Waals surface area (Å²) in [4.78, 5) is 11.8. The summed E-state index contributed by atoms with van der Waals surface area (Å²) in [5, 5.41) is 6.57. The molecule has 0 aliphatic carbocycles. The molecule has 0 fully saturated rings. The zero-order chi connectivity index (χ0) is 12.1. The van der Waals surface area contributed by atoms with Crippen molar-refractivity contribution in [3.63, 3.8) is 0 Å². The molecule has 1 heterocycles. The van der Waals surface area contributed by atoms with Crippen LogP contribution in [0.2, 0.25) is 0 Å². The summed E-state index contributed by atoms with van der Waals surface area (Å²) in [6, 6.07) is 0. The van der Waals surface area contributed by atoms with E-state index in [0.717, 1.165) is 0 Å². The predicted molar refractivity (Wildman–Crippen MR) is 59.8 cm³/mol. The van der Waals surface area contributed by atoms with Crippen LogP contribution in [0.3, 0.4) is 0 Å². The molecule has 16 heavy (non-hydrogen) atoms. The number of halogens is 1. The average Bonchev–Trinajstić information content (AvgIpc) is 2.57. The number of nitrogens with zero attached hydrogens (tertiary/aromatic N) is 2. The van der Waals surface area contributed by atoms with Crippen LogP contribution < -0.4 is 11.1 Å². The van der Waals surface area contributed by atoms with Crippen molar-refractivity contribution >= 4 is 11.6 Å². The standard InChI is InChI=1S/C10H17FN4O/c1-7(2)5-13-10(16)9-8(12)6-14-15(9)4-3-11/h6-7H,3-5,12H2,1-2H3,(H,13,16). The van der Waals surface area contributed by atoms with Gasteiger partial charge in [0.05, 0.1) is 18.4 Å². The van der Waals surface area contributed by atoms with Gasteiger partial charge in [-0.2, -0.15) is 5.10 Å². The van der Waals surface area contributed by atoms with Crippen LogP contribution in [0.4, 0.5) is 10.1 Å². The van der Waals surface area contributed by atoms with Crippen LogP contribution in [0, 0.1) is 5.92 Å². The van der Waals surface area contributed by atoms with Crippen molar-refractivity contribution < 1.29 is 9.18 Å². The Morgan fingerprint density at radius 3 is 2.94 bits per heavy atom. The number of aromatic nitrogens is 2. The lowest BCUT2D eigenvalue weighted by molar-refractivity contribution is 0.0938. The molecule has 0 aliphatic heterocycles. The fourth-order valence-corrected chi connectivity index (χ4v) is 1.28. The quantitative estimate of drug-likeness (QED) is 0.783. The second kappa shape index (κ2) is 5.48. The summed E-state index contributed by atoms with van der Waals surface area (Å²) in [5.74, 6) is 0.0415. The van der Waals surface area contributed by atoms with E-state index in [-0.39, 0.29) is 23.8 Å². The zero-order valence-corrected chi connectivity index (χ0v) is 9.53. The van der Waals surface area contributed by atoms with Crippen molar-refractivity contribution in [2.75, 3.05) is 19.0 Å². The van der Waals surface area contributed by atoms with Crippen molar-refractivity contribution in [2.45, 2.75) is 20.4 Å². The Balaban J connectivity index is 2.76. The Morgan fingerprint density at radius 2 is 2.38 bits per heavy atom. The van der Waals surface area contributed by atoms with E-state index >= 15 is 0 Å². The number of carbonyl (C=O) groups is 1. The maximum atomic E-state index is 12.2. The molecule has 0 radical (unpaired) electrons. The Hall–Kier alpha value is -1.59. The van der Waals surface area contributed by atoms with Gasteiger partial charge in [0.25, 0.3) is 5.91 Å². The molecule has 0 spiro atoms. The summed E-state index contributed by atoms with van der Waals surface area (Å²) < 4.78 is 13.5. The number of alkyl halides is 1. The molecule has 1 aromatic rings. The van der Waals surface area contributed by atoms with Crippen LogP contribution in [0.15, 0.2) is 6.20 Å². The van der Waals surface area contributed by atoms with Gasteiger partial charge in [-0.05, 0) is 5.92 Å². The first-order chi connectivity index (χ1) is 7.56. The number of rotatable bonds is 5. The van der Waals surface area contributed by atoms with Crippen LogP contribution >= 0.6 is 0 Å². The monoisotopic (exact) mass is 228 g/mol. The minimum absolute atomic E-state index is 0.0433. The summed E-state index contributed by atoms with van der Waals surface area (Å²) in [6.45, 7) is 4.00. The number of aryl methyl sites for hydroxylation is 1. The molecule has 5 nitrogen and oxygen atoms in total. The first-order valence-electron chi connectivity index (χ1n) is 5.21. The minimum atomic E-state index is -0.578. The Kier molecular flexibility index (Phi) is 4.28. The highest BCUT2D eigenvalue weighted by Crippen LogP contribution is 2.10. The molecule has 0 aliphatic rings. The van der Waals surface area contributed by atoms with E-state index in [2.05, 4.69) is 10.4 Å². The van der Waals surface area contributed by atoms with Gasteiger partial charge in [0.2, 0.25) is 0 Å². The first kappa shape index (κ1) is 12.5. The number of nitrogens with two attached hydrogens (primary N) is 1. The van der Waals surface area contributed by atoms with Crippen LogP contribution in [-0.2, 0) is 6.54 Å². The van der Waals surface area contributed by atoms with Gasteiger partial charge in [0.15, 0.2) is 0 Å². The number of anilines is 1. The smallest absolute Gasteiger partial charge is 0.271 e. The topological polar surface area (TPSA) is 72.9 Å². The lowest BCUT2D eigenvalue weighted by atomic mass is 10.2. The Bertz CT molecular complexity index is 362. The lowest BCUT2D eigenvalue weighted by Gasteiger charge is -2.09. The number of nitrogen functional groups attached to an aromatic ring is 1. The third kappa shape index (κ3) is 2.95. The molecule has 1 aromatic heterocycles. The molecule has 0 bridgehead atoms. The fraction of sp³-hybridized carbons (Fsp3) is 0.600. The lowest BCUT2D eigenvalue weighted by Crippen LogP contribution is -2.30. The van der Waals surface area contributed by atoms with Gasteiger partial charge in [-0.15, -0.1) is 0 Å². The number of amides is 1. The van der Waals surface area contributed by atoms with Gasteiger partial charge in [-0.3, -0.25) is 9.48 Å². The van der Waals surface area contributed by atoms with Crippen molar-refractivity contribution in [3.8, 4) is 0 Å². The van der Waals surface area contributed by atoms with Crippen molar-refractivity contribution in [1.82, 2.24) is 15.1 Å². The molecule has 6 heteroatoms. The van der Waals surface area contributed by atoms with E-state index in [4.69, 9.17) is 5.73 Å². The molecule has 0 aromatic carbocycles. The zero-order valence-electron chi connectivity index (χ0n) is 9.53. The van der Waals surface area contributed by atoms with Gasteiger partial charge >= 0.3 is 0 Å². The van der Waals surface area contributed by atoms with Crippen LogP contribution in [0.5, 0.6) is 0 Å². The van der Waals surface area contributed by atoms with Gasteiger partial charge in [-0.25, -0.2) is 4.39 Å². The maximum absolute atomic E-state index is 12.2. The van der Waals surface area contributed by atoms with E-state index in [1.54, 1.807) is 0 Å². The molecule has 0 saturated heterocycles. The fourth-order valence-electron chi connectivity index (χ4n) is 1.28. The summed E-state index contributed by atoms with van der Waals surface area (Å²) in [7, 11) is 0. The third-order valence-corrected chi connectivity index (χ3v) is 2.05. The van der Waals surface area contributed by atoms with Gasteiger partial charge in [-0.1, -0.05) is 13.8 Å². The van der Waals surface area contributed by atoms with Crippen LogP contribution in [-0.4, -0.2) is 28.9 Å². The van der Waals surface area contributed by atoms with Crippen molar-refractivity contribution in [1.29, 1.82) is 0 Å². The predicted octanol–water partition coefficient (Wildman–Crippen LogP) is 0.821. The second-order valence-corrected chi connectivity index (χ2v) is 3.96. The van der Waals surface area contributed by atoms with E-state index in [9.17, 15) is 9.18 Å². The maximum Gasteiger partial charge on any atom is 0.271 e. The molecule has 0 atom stereocenters. The largest absolute Gasteiger partial charge is 0.396 e. The Morgan fingerprint density at radius 1 is 1.69 bits per heavy atom. The first-order valence-corrected chi connectivity index (χ1v) is 5.21. The highest BCUT2D eigenvalue weighted by Gasteiger charge is 2.16. The summed E-state index contributed by atoms with van der Waals surface area (Å²) >= 11 is 0. The number of nitrogens with one attached hydrogen (secondary N) is 1. The van der Waals surface area contributed by atoms with E-state index in [1.165, 1.54) is 10.9 Å². The number of hydrogen-bond donors (Lipinski definition) is 2. The Labute approximate surface area is 93.8 Å². The summed E-state index contributed by atoms with van der Waals surface area (Å²) in [5.41, 5.74) is 6.12. The summed E-state index contributed by atoms with van der Waals surface area (Å²) in [6.07, 6.45) is 1.36. The molecule has 3 N–H and O–H groups in total. The second-order valence-electron chi connectivity index (χ2n) is 3.96. The van der Waals surface area contributed by atoms with Crippen LogP contribution in [0.1, 0.15) is 24.3 Å². The van der Waals surface area contributed by atoms with Crippen LogP contribution in [0.25, 0.3) is 0 Å². The highest BCUT2D eigenvalue weighted by atomic mass is 19.1. The van der Waals surface area contributed by atoms with Gasteiger partial charge in [0, 0.05) is 6.54 Å². The van der Waals surface area contributed by atoms with E-state index in [1.807, 2.05) is 13.8 Å². The number of hydrogen-bond acceptors (Lipinski definition) is 3. The highest BCUT2D eigenvalue weighted by molar-refractivity contribution is 5.97. The molecule has 0 saturated carbocycles. The SMILES string of the molecule is CC(C)CNC(=O)c1c(N)cnn1CCF. The van der Waals surface area contributed by atoms with Gasteiger partial charge in [0.1, 0.15) is 12.4 Å². The van der Waals surface area contributed by atoms with Gasteiger partial charge < -0.3 is 11.1 Å². The molecular weight excluding hydrogens is 211 g/mol. The molecule has 90 valence electrons. The molecule has 0 unspecified atom stereocenters. The van der Waals surface area contributed by atoms with Crippen molar-refractivity contribution in [3.05, 3.63) is 11.9 Å². The number of carbonyl (C=O) groups excluding carboxylic acids is 1. The normalized spacial score (nSPS) is 10.8. The molecule has 1 rings (SSSR count). The van der Waals surface area contributed by atoms with E-state index < -0.39 is 6.67 Å². The average molecular weight is 228 g/mol. The molecular formula is C10H17FN4O. The van der Waals surface area contributed by atoms with E-state index in [0.29, 0.717) is 12.5 Å². The minimum Gasteiger partial charge on any atom is -0.396 e. The van der Waals surface area contributed by atoms with Crippen molar-refractivity contribution in [2.24, 2.45) is 5.92 Å². The molecule has 1 amide bonds.